The summed E-state index contributed by atoms with van der Waals surface area (Å²) in [4.78, 5) is 0. The molecule has 0 aliphatic carbocycles. The Balaban J connectivity index is 1.34. The maximum absolute atomic E-state index is 10.5. The van der Waals surface area contributed by atoms with Crippen LogP contribution in [0, 0.1) is 0 Å². The molecule has 0 fully saturated rings. The first-order chi connectivity index (χ1) is 41.2. The lowest BCUT2D eigenvalue weighted by molar-refractivity contribution is 1.14. The van der Waals surface area contributed by atoms with Crippen molar-refractivity contribution in [2.45, 2.75) is 0 Å². The van der Waals surface area contributed by atoms with Crippen molar-refractivity contribution in [3.8, 4) is 39.3 Å². The number of nitrogens with zero attached hydrogens (tertiary/aromatic N) is 3. The minimum absolute atomic E-state index is 0.329. The van der Waals surface area contributed by atoms with Crippen LogP contribution in [-0.4, -0.2) is 13.7 Å². The second kappa shape index (κ2) is 12.5. The standard InChI is InChI=1S/C54H35N3/c1-3-15-36(16-4-1)38-31-39(37-17-5-2-6-18-37)33-42(32-38)57-52-26-14-10-22-46(52)48-30-28-41(35-54(48)57)56-51-25-13-9-21-45(51)47-29-27-40(34-53(47)56)55-49-23-11-7-19-43(49)44-20-8-12-24-50(44)55/h1-35H/i1D,2D,3D,4D,5D,6D,7D,8D,9D,10D,11D,12D,13D,14D,15D,16D,17D,18D,19D,20D,21D,22D,23D,25D,26D,27D,28D,29D,30D,34D,35D. The second-order valence-corrected chi connectivity index (χ2v) is 12.6. The number of fused-ring (bicyclic) bond motifs is 9. The highest BCUT2D eigenvalue weighted by Crippen LogP contribution is 2.40. The van der Waals surface area contributed by atoms with Crippen LogP contribution in [0.2, 0.25) is 0 Å². The fraction of sp³-hybridized carbons (Fsp3) is 0. The van der Waals surface area contributed by atoms with Gasteiger partial charge in [-0.05, 0) is 88.8 Å². The zero-order valence-corrected chi connectivity index (χ0v) is 28.7. The maximum atomic E-state index is 10.5. The van der Waals surface area contributed by atoms with Gasteiger partial charge in [-0.15, -0.1) is 0 Å². The van der Waals surface area contributed by atoms with E-state index in [1.165, 1.54) is 0 Å². The molecule has 0 aliphatic heterocycles. The highest BCUT2D eigenvalue weighted by molar-refractivity contribution is 6.13. The number of para-hydroxylation sites is 4. The van der Waals surface area contributed by atoms with E-state index < -0.39 is 270 Å². The molecule has 0 saturated heterocycles. The van der Waals surface area contributed by atoms with Crippen LogP contribution in [0.3, 0.4) is 0 Å². The predicted octanol–water partition coefficient (Wildman–Crippen LogP) is 14.3. The number of benzene rings is 9. The van der Waals surface area contributed by atoms with Gasteiger partial charge in [0.25, 0.3) is 0 Å². The van der Waals surface area contributed by atoms with Crippen LogP contribution in [-0.2, 0) is 0 Å². The summed E-state index contributed by atoms with van der Waals surface area (Å²) in [5, 5.41) is -3.00. The van der Waals surface area contributed by atoms with Crippen LogP contribution in [0.25, 0.3) is 105 Å². The second-order valence-electron chi connectivity index (χ2n) is 12.6. The van der Waals surface area contributed by atoms with E-state index >= 15 is 0 Å². The summed E-state index contributed by atoms with van der Waals surface area (Å²) in [5.74, 6) is 0. The van der Waals surface area contributed by atoms with Crippen molar-refractivity contribution in [3.05, 3.63) is 212 Å². The molecule has 57 heavy (non-hydrogen) atoms. The van der Waals surface area contributed by atoms with E-state index in [1.54, 1.807) is 0 Å². The largest absolute Gasteiger partial charge is 0.309 e. The predicted molar refractivity (Wildman–Crippen MR) is 240 cm³/mol. The van der Waals surface area contributed by atoms with Crippen molar-refractivity contribution in [1.29, 1.82) is 0 Å². The summed E-state index contributed by atoms with van der Waals surface area (Å²) in [7, 11) is 0. The summed E-state index contributed by atoms with van der Waals surface area (Å²) >= 11 is 0. The van der Waals surface area contributed by atoms with Crippen LogP contribution in [0.4, 0.5) is 0 Å². The fourth-order valence-corrected chi connectivity index (χ4v) is 7.24. The van der Waals surface area contributed by atoms with Crippen molar-refractivity contribution in [2.24, 2.45) is 0 Å². The van der Waals surface area contributed by atoms with Gasteiger partial charge in [-0.3, -0.25) is 0 Å². The van der Waals surface area contributed by atoms with E-state index in [2.05, 4.69) is 0 Å². The molecule has 0 aliphatic rings. The molecule has 12 aromatic rings. The highest BCUT2D eigenvalue weighted by atomic mass is 15.0. The molecule has 0 spiro atoms. The first kappa shape index (κ1) is 13.8. The van der Waals surface area contributed by atoms with Gasteiger partial charge in [-0.2, -0.15) is 0 Å². The molecule has 12 rings (SSSR count). The summed E-state index contributed by atoms with van der Waals surface area (Å²) < 4.78 is 284. The molecule has 3 heteroatoms. The van der Waals surface area contributed by atoms with E-state index in [0.29, 0.717) is 0 Å². The zero-order valence-electron chi connectivity index (χ0n) is 59.7. The number of hydrogen-bond acceptors (Lipinski definition) is 0. The molecule has 9 aromatic carbocycles. The van der Waals surface area contributed by atoms with Crippen LogP contribution < -0.4 is 0 Å². The monoisotopic (exact) mass is 756 g/mol. The average Bonchev–Trinajstić information content (AvgIpc) is 1.53. The summed E-state index contributed by atoms with van der Waals surface area (Å²) in [6.45, 7) is 0. The highest BCUT2D eigenvalue weighted by Gasteiger charge is 2.19. The van der Waals surface area contributed by atoms with Crippen molar-refractivity contribution in [1.82, 2.24) is 13.7 Å². The first-order valence-corrected chi connectivity index (χ1v) is 17.1. The van der Waals surface area contributed by atoms with Gasteiger partial charge in [0.1, 0.15) is 0 Å². The molecule has 0 radical (unpaired) electrons. The zero-order chi connectivity index (χ0) is 64.4. The Hall–Kier alpha value is -7.62. The van der Waals surface area contributed by atoms with E-state index in [1.807, 2.05) is 0 Å². The van der Waals surface area contributed by atoms with Gasteiger partial charge in [0.15, 0.2) is 0 Å². The number of hydrogen-bond donors (Lipinski definition) is 0. The topological polar surface area (TPSA) is 14.8 Å². The molecule has 266 valence electrons. The Bertz CT molecular complexity index is 5200. The Kier molecular flexibility index (Phi) is 3.02. The molecule has 0 N–H and O–H groups in total. The first-order valence-electron chi connectivity index (χ1n) is 32.6. The minimum Gasteiger partial charge on any atom is -0.309 e. The van der Waals surface area contributed by atoms with Gasteiger partial charge >= 0.3 is 0 Å². The average molecular weight is 757 g/mol. The molecule has 0 unspecified atom stereocenters. The minimum atomic E-state index is -1.03. The summed E-state index contributed by atoms with van der Waals surface area (Å²) in [5.41, 5.74) is -7.14. The van der Waals surface area contributed by atoms with Crippen LogP contribution in [0.1, 0.15) is 42.5 Å². The SMILES string of the molecule is [2H]c1cc2c(c([2H])c1[2H])c1c([2H])c([2H])c([2H])c([2H])c1n2-c1c([2H])c([2H])c2c3c([2H])c([2H])c([2H])c([2H])c3n(-c3c([2H])c([2H])c4c5c([2H])c([2H])c([2H])c([2H])c5n(-c5cc(-c6c([2H])c([2H])c([2H])c([2H])c6[2H])cc(-c6c([2H])c([2H])c([2H])c([2H])c6[2H])c5)c4c3[2H])c2c1[2H]. The van der Waals surface area contributed by atoms with Gasteiger partial charge in [-0.1, -0.05) is 145 Å². The third-order valence-corrected chi connectivity index (χ3v) is 9.60. The van der Waals surface area contributed by atoms with Crippen molar-refractivity contribution >= 4 is 65.4 Å². The van der Waals surface area contributed by atoms with Crippen LogP contribution >= 0.6 is 0 Å². The number of rotatable bonds is 5. The van der Waals surface area contributed by atoms with Gasteiger partial charge in [0.05, 0.1) is 75.6 Å². The third-order valence-electron chi connectivity index (χ3n) is 9.60. The maximum Gasteiger partial charge on any atom is 0.0667 e. The quantitative estimate of drug-likeness (QED) is 0.166. The molecular formula is C54H35N3. The Morgan fingerprint density at radius 2 is 0.632 bits per heavy atom. The Morgan fingerprint density at radius 3 is 1.12 bits per heavy atom. The van der Waals surface area contributed by atoms with Crippen LogP contribution in [0.15, 0.2) is 212 Å². The van der Waals surface area contributed by atoms with Crippen molar-refractivity contribution in [3.63, 3.8) is 0 Å². The van der Waals surface area contributed by atoms with Crippen molar-refractivity contribution in [2.75, 3.05) is 0 Å². The number of aromatic nitrogens is 3. The molecule has 3 aromatic heterocycles. The molecule has 3 nitrogen and oxygen atoms in total. The molecule has 0 bridgehead atoms. The lowest BCUT2D eigenvalue weighted by Gasteiger charge is -2.15. The Labute approximate surface area is 373 Å². The van der Waals surface area contributed by atoms with Gasteiger partial charge in [0, 0.05) is 49.4 Å². The van der Waals surface area contributed by atoms with Crippen LogP contribution in [0.5, 0.6) is 0 Å². The lowest BCUT2D eigenvalue weighted by Crippen LogP contribution is -1.99. The lowest BCUT2D eigenvalue weighted by atomic mass is 9.98. The summed E-state index contributed by atoms with van der Waals surface area (Å²) in [6.07, 6.45) is 0. The molecular weight excluding hydrogens is 691 g/mol. The molecule has 3 heterocycles. The van der Waals surface area contributed by atoms with Gasteiger partial charge in [0.2, 0.25) is 0 Å². The molecule has 0 amide bonds. The fourth-order valence-electron chi connectivity index (χ4n) is 7.24. The van der Waals surface area contributed by atoms with E-state index in [4.69, 9.17) is 27.4 Å². The molecule has 0 atom stereocenters. The van der Waals surface area contributed by atoms with E-state index in [-0.39, 0.29) is 22.0 Å². The molecule has 0 saturated carbocycles. The summed E-state index contributed by atoms with van der Waals surface area (Å²) in [6, 6.07) is -21.9. The van der Waals surface area contributed by atoms with Gasteiger partial charge < -0.3 is 13.7 Å². The smallest absolute Gasteiger partial charge is 0.0667 e. The van der Waals surface area contributed by atoms with Gasteiger partial charge in [-0.25, -0.2) is 0 Å². The van der Waals surface area contributed by atoms with E-state index in [9.17, 15) is 15.1 Å². The Morgan fingerprint density at radius 1 is 0.263 bits per heavy atom. The van der Waals surface area contributed by atoms with E-state index in [0.717, 1.165) is 38.0 Å². The third kappa shape index (κ3) is 4.86. The normalized spacial score (nSPS) is 19.5. The van der Waals surface area contributed by atoms with Crippen molar-refractivity contribution < 1.29 is 42.5 Å².